The SMILES string of the molecule is CCCCCOc1ccc(-c2ccc(-c3ccc(C(=O)N[C@H](C)C[C@@H](O)NC)cc3)cc2)cc1. The van der Waals surface area contributed by atoms with E-state index in [0.29, 0.717) is 12.0 Å². The Balaban J connectivity index is 1.58. The third kappa shape index (κ3) is 7.44. The van der Waals surface area contributed by atoms with E-state index in [-0.39, 0.29) is 11.9 Å². The van der Waals surface area contributed by atoms with Crippen LogP contribution in [-0.4, -0.2) is 36.9 Å². The minimum atomic E-state index is -0.637. The van der Waals surface area contributed by atoms with Gasteiger partial charge in [-0.3, -0.25) is 10.1 Å². The van der Waals surface area contributed by atoms with Gasteiger partial charge in [0.2, 0.25) is 0 Å². The van der Waals surface area contributed by atoms with Gasteiger partial charge in [-0.05, 0) is 66.9 Å². The van der Waals surface area contributed by atoms with Crippen LogP contribution in [0.2, 0.25) is 0 Å². The minimum absolute atomic E-state index is 0.135. The van der Waals surface area contributed by atoms with Crippen molar-refractivity contribution in [1.29, 1.82) is 0 Å². The first kappa shape index (κ1) is 25.5. The van der Waals surface area contributed by atoms with Crippen molar-refractivity contribution in [3.8, 4) is 28.0 Å². The van der Waals surface area contributed by atoms with Crippen LogP contribution >= 0.6 is 0 Å². The maximum atomic E-state index is 12.5. The van der Waals surface area contributed by atoms with Gasteiger partial charge in [0.15, 0.2) is 0 Å². The molecule has 5 nitrogen and oxygen atoms in total. The highest BCUT2D eigenvalue weighted by atomic mass is 16.5. The van der Waals surface area contributed by atoms with Gasteiger partial charge in [0, 0.05) is 18.0 Å². The van der Waals surface area contributed by atoms with Crippen LogP contribution in [0.5, 0.6) is 5.75 Å². The van der Waals surface area contributed by atoms with Gasteiger partial charge in [0.05, 0.1) is 6.61 Å². The van der Waals surface area contributed by atoms with Crippen molar-refractivity contribution < 1.29 is 14.6 Å². The summed E-state index contributed by atoms with van der Waals surface area (Å²) >= 11 is 0. The molecule has 0 saturated heterocycles. The van der Waals surface area contributed by atoms with E-state index in [1.54, 1.807) is 7.05 Å². The summed E-state index contributed by atoms with van der Waals surface area (Å²) in [6.45, 7) is 4.83. The molecule has 0 bridgehead atoms. The molecule has 3 N–H and O–H groups in total. The number of benzene rings is 3. The molecule has 3 aromatic carbocycles. The lowest BCUT2D eigenvalue weighted by Crippen LogP contribution is -2.38. The molecule has 0 fully saturated rings. The van der Waals surface area contributed by atoms with Crippen LogP contribution < -0.4 is 15.4 Å². The lowest BCUT2D eigenvalue weighted by Gasteiger charge is -2.17. The molecule has 2 atom stereocenters. The molecular formula is C29H36N2O3. The fourth-order valence-corrected chi connectivity index (χ4v) is 3.77. The Morgan fingerprint density at radius 1 is 0.853 bits per heavy atom. The van der Waals surface area contributed by atoms with Crippen molar-refractivity contribution >= 4 is 5.91 Å². The second-order valence-electron chi connectivity index (χ2n) is 8.65. The van der Waals surface area contributed by atoms with Gasteiger partial charge in [0.1, 0.15) is 12.0 Å². The molecule has 180 valence electrons. The molecule has 0 spiro atoms. The van der Waals surface area contributed by atoms with Crippen molar-refractivity contribution in [3.05, 3.63) is 78.4 Å². The number of unbranched alkanes of at least 4 members (excludes halogenated alkanes) is 2. The van der Waals surface area contributed by atoms with E-state index in [0.717, 1.165) is 41.0 Å². The highest BCUT2D eigenvalue weighted by molar-refractivity contribution is 5.94. The summed E-state index contributed by atoms with van der Waals surface area (Å²) in [5, 5.41) is 15.3. The highest BCUT2D eigenvalue weighted by Gasteiger charge is 2.13. The van der Waals surface area contributed by atoms with E-state index in [1.165, 1.54) is 12.8 Å². The number of amides is 1. The third-order valence-electron chi connectivity index (χ3n) is 5.86. The average Bonchev–Trinajstić information content (AvgIpc) is 2.87. The number of carbonyl (C=O) groups excluding carboxylic acids is 1. The lowest BCUT2D eigenvalue weighted by atomic mass is 9.99. The average molecular weight is 461 g/mol. The van der Waals surface area contributed by atoms with Crippen LogP contribution in [0.4, 0.5) is 0 Å². The zero-order valence-corrected chi connectivity index (χ0v) is 20.4. The molecule has 0 heterocycles. The van der Waals surface area contributed by atoms with Crippen molar-refractivity contribution in [2.45, 2.75) is 51.8 Å². The maximum Gasteiger partial charge on any atom is 0.251 e. The normalized spacial score (nSPS) is 12.7. The quantitative estimate of drug-likeness (QED) is 0.242. The molecule has 5 heteroatoms. The fourth-order valence-electron chi connectivity index (χ4n) is 3.77. The van der Waals surface area contributed by atoms with Gasteiger partial charge in [0.25, 0.3) is 5.91 Å². The number of carbonyl (C=O) groups is 1. The molecule has 3 rings (SSSR count). The van der Waals surface area contributed by atoms with Crippen LogP contribution in [0.25, 0.3) is 22.3 Å². The summed E-state index contributed by atoms with van der Waals surface area (Å²) in [4.78, 5) is 12.5. The summed E-state index contributed by atoms with van der Waals surface area (Å²) in [6.07, 6.45) is 3.29. The number of hydrogen-bond acceptors (Lipinski definition) is 4. The van der Waals surface area contributed by atoms with Crippen LogP contribution in [-0.2, 0) is 0 Å². The number of nitrogens with one attached hydrogen (secondary N) is 2. The van der Waals surface area contributed by atoms with Crippen LogP contribution in [0.1, 0.15) is 49.9 Å². The number of aliphatic hydroxyl groups is 1. The first-order valence-corrected chi connectivity index (χ1v) is 12.1. The van der Waals surface area contributed by atoms with E-state index in [1.807, 2.05) is 43.3 Å². The number of aliphatic hydroxyl groups excluding tert-OH is 1. The van der Waals surface area contributed by atoms with Crippen molar-refractivity contribution in [1.82, 2.24) is 10.6 Å². The van der Waals surface area contributed by atoms with E-state index in [9.17, 15) is 9.90 Å². The Morgan fingerprint density at radius 2 is 1.35 bits per heavy atom. The zero-order valence-electron chi connectivity index (χ0n) is 20.4. The summed E-state index contributed by atoms with van der Waals surface area (Å²) < 4.78 is 5.80. The van der Waals surface area contributed by atoms with Crippen molar-refractivity contribution in [3.63, 3.8) is 0 Å². The van der Waals surface area contributed by atoms with Gasteiger partial charge in [-0.15, -0.1) is 0 Å². The van der Waals surface area contributed by atoms with Gasteiger partial charge in [-0.1, -0.05) is 68.3 Å². The maximum absolute atomic E-state index is 12.5. The standard InChI is InChI=1S/C29H36N2O3/c1-4-5-6-19-34-27-17-15-25(16-18-27)23-9-7-22(8-10-23)24-11-13-26(14-12-24)29(33)31-21(2)20-28(32)30-3/h7-18,21,28,30,32H,4-6,19-20H2,1-3H3,(H,31,33)/t21-,28-/m1/s1. The molecule has 34 heavy (non-hydrogen) atoms. The summed E-state index contributed by atoms with van der Waals surface area (Å²) in [5.41, 5.74) is 5.05. The van der Waals surface area contributed by atoms with Gasteiger partial charge in [-0.25, -0.2) is 0 Å². The Hall–Kier alpha value is -3.15. The molecule has 0 aliphatic carbocycles. The van der Waals surface area contributed by atoms with E-state index < -0.39 is 6.23 Å². The molecule has 1 amide bonds. The third-order valence-corrected chi connectivity index (χ3v) is 5.86. The number of rotatable bonds is 12. The summed E-state index contributed by atoms with van der Waals surface area (Å²) in [5.74, 6) is 0.767. The van der Waals surface area contributed by atoms with Crippen LogP contribution in [0, 0.1) is 0 Å². The number of hydrogen-bond donors (Lipinski definition) is 3. The van der Waals surface area contributed by atoms with Crippen molar-refractivity contribution in [2.75, 3.05) is 13.7 Å². The van der Waals surface area contributed by atoms with E-state index in [2.05, 4.69) is 54.0 Å². The smallest absolute Gasteiger partial charge is 0.251 e. The Morgan fingerprint density at radius 3 is 1.85 bits per heavy atom. The minimum Gasteiger partial charge on any atom is -0.494 e. The summed E-state index contributed by atoms with van der Waals surface area (Å²) in [6, 6.07) is 24.1. The largest absolute Gasteiger partial charge is 0.494 e. The Bertz CT molecular complexity index is 1010. The van der Waals surface area contributed by atoms with Crippen LogP contribution in [0.15, 0.2) is 72.8 Å². The molecular weight excluding hydrogens is 424 g/mol. The highest BCUT2D eigenvalue weighted by Crippen LogP contribution is 2.26. The topological polar surface area (TPSA) is 70.6 Å². The predicted molar refractivity (Wildman–Crippen MR) is 139 cm³/mol. The molecule has 0 saturated carbocycles. The van der Waals surface area contributed by atoms with Gasteiger partial charge < -0.3 is 15.2 Å². The molecule has 3 aromatic rings. The monoisotopic (exact) mass is 460 g/mol. The second kappa shape index (κ2) is 12.9. The molecule has 0 aromatic heterocycles. The van der Waals surface area contributed by atoms with Crippen molar-refractivity contribution in [2.24, 2.45) is 0 Å². The van der Waals surface area contributed by atoms with Crippen LogP contribution in [0.3, 0.4) is 0 Å². The van der Waals surface area contributed by atoms with Gasteiger partial charge >= 0.3 is 0 Å². The lowest BCUT2D eigenvalue weighted by molar-refractivity contribution is 0.0901. The predicted octanol–water partition coefficient (Wildman–Crippen LogP) is 5.64. The molecule has 0 radical (unpaired) electrons. The summed E-state index contributed by atoms with van der Waals surface area (Å²) in [7, 11) is 1.69. The number of ether oxygens (including phenoxy) is 1. The zero-order chi connectivity index (χ0) is 24.3. The second-order valence-corrected chi connectivity index (χ2v) is 8.65. The Kier molecular flexibility index (Phi) is 9.68. The molecule has 0 aliphatic rings. The van der Waals surface area contributed by atoms with E-state index in [4.69, 9.17) is 4.74 Å². The molecule has 0 aliphatic heterocycles. The molecule has 0 unspecified atom stereocenters. The first-order valence-electron chi connectivity index (χ1n) is 12.1. The first-order chi connectivity index (χ1) is 16.5. The van der Waals surface area contributed by atoms with E-state index >= 15 is 0 Å². The Labute approximate surface area is 203 Å². The van der Waals surface area contributed by atoms with Gasteiger partial charge in [-0.2, -0.15) is 0 Å². The fraction of sp³-hybridized carbons (Fsp3) is 0.345.